The van der Waals surface area contributed by atoms with E-state index in [-0.39, 0.29) is 36.3 Å². The molecule has 1 unspecified atom stereocenters. The van der Waals surface area contributed by atoms with E-state index in [1.807, 2.05) is 13.8 Å². The van der Waals surface area contributed by atoms with E-state index in [9.17, 15) is 19.1 Å². The first-order valence-electron chi connectivity index (χ1n) is 8.95. The summed E-state index contributed by atoms with van der Waals surface area (Å²) in [6.45, 7) is 5.53. The SMILES string of the molecule is COC(=O)[C@H](CC(C)C)N1CC(Oc2cccc(CC(C)O)c2F)=CC1=O. The molecule has 0 spiro atoms. The minimum atomic E-state index is -0.716. The molecule has 0 saturated carbocycles. The largest absolute Gasteiger partial charge is 0.467 e. The van der Waals surface area contributed by atoms with Crippen LogP contribution in [-0.2, 0) is 20.7 Å². The Labute approximate surface area is 158 Å². The number of methoxy groups -OCH3 is 1. The predicted molar refractivity (Wildman–Crippen MR) is 97.5 cm³/mol. The molecule has 1 aliphatic heterocycles. The van der Waals surface area contributed by atoms with Crippen LogP contribution in [0.2, 0.25) is 0 Å². The summed E-state index contributed by atoms with van der Waals surface area (Å²) in [6, 6.07) is 3.94. The highest BCUT2D eigenvalue weighted by Gasteiger charge is 2.35. The molecule has 2 rings (SSSR count). The van der Waals surface area contributed by atoms with Crippen molar-refractivity contribution in [2.45, 2.75) is 45.8 Å². The fourth-order valence-corrected chi connectivity index (χ4v) is 3.02. The number of halogens is 1. The normalized spacial score (nSPS) is 16.3. The maximum atomic E-state index is 14.6. The molecular formula is C20H26FNO5. The number of hydrogen-bond donors (Lipinski definition) is 1. The second-order valence-electron chi connectivity index (χ2n) is 7.13. The van der Waals surface area contributed by atoms with Crippen LogP contribution in [0, 0.1) is 11.7 Å². The molecule has 1 aromatic carbocycles. The summed E-state index contributed by atoms with van der Waals surface area (Å²) >= 11 is 0. The van der Waals surface area contributed by atoms with Crippen LogP contribution in [0.25, 0.3) is 0 Å². The molecular weight excluding hydrogens is 353 g/mol. The molecule has 0 saturated heterocycles. The van der Waals surface area contributed by atoms with E-state index in [0.29, 0.717) is 12.0 Å². The van der Waals surface area contributed by atoms with Gasteiger partial charge in [0.15, 0.2) is 11.6 Å². The average molecular weight is 379 g/mol. The summed E-state index contributed by atoms with van der Waals surface area (Å²) < 4.78 is 25.0. The molecule has 0 aromatic heterocycles. The Kier molecular flexibility index (Phi) is 6.96. The Morgan fingerprint density at radius 3 is 2.63 bits per heavy atom. The van der Waals surface area contributed by atoms with Gasteiger partial charge in [-0.05, 0) is 30.9 Å². The summed E-state index contributed by atoms with van der Waals surface area (Å²) in [5, 5.41) is 9.47. The van der Waals surface area contributed by atoms with Crippen molar-refractivity contribution in [3.05, 3.63) is 41.4 Å². The quantitative estimate of drug-likeness (QED) is 0.702. The van der Waals surface area contributed by atoms with Gasteiger partial charge in [0, 0.05) is 12.5 Å². The van der Waals surface area contributed by atoms with Gasteiger partial charge in [-0.1, -0.05) is 26.0 Å². The van der Waals surface area contributed by atoms with Crippen LogP contribution in [-0.4, -0.2) is 47.7 Å². The number of carbonyl (C=O) groups excluding carboxylic acids is 2. The highest BCUT2D eigenvalue weighted by atomic mass is 19.1. The van der Waals surface area contributed by atoms with Crippen molar-refractivity contribution in [2.24, 2.45) is 5.92 Å². The molecule has 0 bridgehead atoms. The van der Waals surface area contributed by atoms with Crippen LogP contribution in [0.4, 0.5) is 4.39 Å². The van der Waals surface area contributed by atoms with Crippen LogP contribution in [0.15, 0.2) is 30.0 Å². The van der Waals surface area contributed by atoms with Gasteiger partial charge >= 0.3 is 5.97 Å². The molecule has 0 fully saturated rings. The van der Waals surface area contributed by atoms with Crippen LogP contribution >= 0.6 is 0 Å². The maximum absolute atomic E-state index is 14.6. The Hall–Kier alpha value is -2.41. The average Bonchev–Trinajstić information content (AvgIpc) is 2.95. The van der Waals surface area contributed by atoms with Crippen molar-refractivity contribution < 1.29 is 28.6 Å². The second-order valence-corrected chi connectivity index (χ2v) is 7.13. The van der Waals surface area contributed by atoms with E-state index in [2.05, 4.69) is 0 Å². The number of aliphatic hydroxyl groups is 1. The third kappa shape index (κ3) is 5.29. The minimum Gasteiger partial charge on any atom is -0.467 e. The molecule has 1 aromatic rings. The topological polar surface area (TPSA) is 76.1 Å². The number of benzene rings is 1. The molecule has 1 heterocycles. The minimum absolute atomic E-state index is 0.0208. The molecule has 1 N–H and O–H groups in total. The highest BCUT2D eigenvalue weighted by Crippen LogP contribution is 2.27. The van der Waals surface area contributed by atoms with Gasteiger partial charge in [-0.15, -0.1) is 0 Å². The van der Waals surface area contributed by atoms with Gasteiger partial charge in [0.25, 0.3) is 5.91 Å². The molecule has 2 atom stereocenters. The third-order valence-electron chi connectivity index (χ3n) is 4.24. The van der Waals surface area contributed by atoms with Crippen molar-refractivity contribution >= 4 is 11.9 Å². The zero-order valence-electron chi connectivity index (χ0n) is 16.1. The molecule has 27 heavy (non-hydrogen) atoms. The molecule has 6 nitrogen and oxygen atoms in total. The van der Waals surface area contributed by atoms with E-state index in [4.69, 9.17) is 9.47 Å². The Balaban J connectivity index is 2.15. The fraction of sp³-hybridized carbons (Fsp3) is 0.500. The molecule has 148 valence electrons. The van der Waals surface area contributed by atoms with Crippen molar-refractivity contribution in [1.82, 2.24) is 4.90 Å². The summed E-state index contributed by atoms with van der Waals surface area (Å²) in [5.74, 6) is -1.02. The lowest BCUT2D eigenvalue weighted by molar-refractivity contribution is -0.151. The number of nitrogens with zero attached hydrogens (tertiary/aromatic N) is 1. The monoisotopic (exact) mass is 379 g/mol. The van der Waals surface area contributed by atoms with E-state index in [0.717, 1.165) is 0 Å². The first-order valence-corrected chi connectivity index (χ1v) is 8.95. The van der Waals surface area contributed by atoms with Crippen molar-refractivity contribution in [3.8, 4) is 5.75 Å². The van der Waals surface area contributed by atoms with Crippen LogP contribution in [0.5, 0.6) is 5.75 Å². The van der Waals surface area contributed by atoms with Crippen molar-refractivity contribution in [3.63, 3.8) is 0 Å². The summed E-state index contributed by atoms with van der Waals surface area (Å²) in [6.07, 6.45) is 1.19. The van der Waals surface area contributed by atoms with Gasteiger partial charge in [0.2, 0.25) is 0 Å². The number of esters is 1. The lowest BCUT2D eigenvalue weighted by atomic mass is 10.0. The van der Waals surface area contributed by atoms with Gasteiger partial charge in [0.05, 0.1) is 19.8 Å². The summed E-state index contributed by atoms with van der Waals surface area (Å²) in [4.78, 5) is 25.8. The first-order chi connectivity index (χ1) is 12.7. The Bertz CT molecular complexity index is 729. The number of carbonyl (C=O) groups is 2. The van der Waals surface area contributed by atoms with Gasteiger partial charge in [-0.3, -0.25) is 4.79 Å². The van der Waals surface area contributed by atoms with Crippen LogP contribution in [0.1, 0.15) is 32.8 Å². The molecule has 7 heteroatoms. The summed E-state index contributed by atoms with van der Waals surface area (Å²) in [7, 11) is 1.28. The highest BCUT2D eigenvalue weighted by molar-refractivity contribution is 5.94. The zero-order valence-corrected chi connectivity index (χ0v) is 16.1. The number of hydrogen-bond acceptors (Lipinski definition) is 5. The van der Waals surface area contributed by atoms with Crippen LogP contribution < -0.4 is 4.74 Å². The number of ether oxygens (including phenoxy) is 2. The van der Waals surface area contributed by atoms with Crippen LogP contribution in [0.3, 0.4) is 0 Å². The molecule has 1 amide bonds. The second kappa shape index (κ2) is 8.99. The molecule has 0 aliphatic carbocycles. The maximum Gasteiger partial charge on any atom is 0.328 e. The number of aliphatic hydroxyl groups excluding tert-OH is 1. The van der Waals surface area contributed by atoms with E-state index < -0.39 is 23.9 Å². The van der Waals surface area contributed by atoms with E-state index in [1.165, 1.54) is 24.2 Å². The first kappa shape index (κ1) is 20.9. The van der Waals surface area contributed by atoms with Gasteiger partial charge in [0.1, 0.15) is 11.8 Å². The third-order valence-corrected chi connectivity index (χ3v) is 4.24. The molecule has 0 radical (unpaired) electrons. The standard InChI is InChI=1S/C20H26FNO5/c1-12(2)8-16(20(25)26-4)22-11-15(10-18(22)24)27-17-7-5-6-14(19(17)21)9-13(3)23/h5-7,10,12-13,16,23H,8-9,11H2,1-4H3/t13?,16-/m0/s1. The lowest BCUT2D eigenvalue weighted by Crippen LogP contribution is -2.44. The smallest absolute Gasteiger partial charge is 0.328 e. The lowest BCUT2D eigenvalue weighted by Gasteiger charge is -2.27. The van der Waals surface area contributed by atoms with Gasteiger partial charge in [-0.2, -0.15) is 0 Å². The van der Waals surface area contributed by atoms with Crippen molar-refractivity contribution in [1.29, 1.82) is 0 Å². The number of rotatable bonds is 8. The molecule has 1 aliphatic rings. The Morgan fingerprint density at radius 2 is 2.04 bits per heavy atom. The zero-order chi connectivity index (χ0) is 20.1. The van der Waals surface area contributed by atoms with E-state index >= 15 is 0 Å². The van der Waals surface area contributed by atoms with Gasteiger partial charge in [-0.25, -0.2) is 9.18 Å². The summed E-state index contributed by atoms with van der Waals surface area (Å²) in [5.41, 5.74) is 0.330. The van der Waals surface area contributed by atoms with Gasteiger partial charge < -0.3 is 19.5 Å². The Morgan fingerprint density at radius 1 is 1.33 bits per heavy atom. The fourth-order valence-electron chi connectivity index (χ4n) is 3.02. The number of amides is 1. The van der Waals surface area contributed by atoms with Crippen molar-refractivity contribution in [2.75, 3.05) is 13.7 Å². The van der Waals surface area contributed by atoms with E-state index in [1.54, 1.807) is 19.1 Å². The predicted octanol–water partition coefficient (Wildman–Crippen LogP) is 2.44.